The van der Waals surface area contributed by atoms with Crippen LogP contribution in [0.4, 0.5) is 0 Å². The SMILES string of the molecule is Cc1ccc(-c2nc(Cl)c(CO)n2Cc2ccccc2)cc1. The third kappa shape index (κ3) is 2.91. The lowest BCUT2D eigenvalue weighted by molar-refractivity contribution is 0.272. The molecule has 0 bridgehead atoms. The van der Waals surface area contributed by atoms with E-state index in [4.69, 9.17) is 11.6 Å². The van der Waals surface area contributed by atoms with Gasteiger partial charge in [0.25, 0.3) is 0 Å². The van der Waals surface area contributed by atoms with E-state index in [0.29, 0.717) is 17.4 Å². The first kappa shape index (κ1) is 14.8. The van der Waals surface area contributed by atoms with Gasteiger partial charge in [-0.15, -0.1) is 0 Å². The normalized spacial score (nSPS) is 10.9. The second-order valence-electron chi connectivity index (χ2n) is 5.27. The third-order valence-electron chi connectivity index (χ3n) is 3.67. The molecule has 2 aromatic carbocycles. The van der Waals surface area contributed by atoms with Crippen molar-refractivity contribution in [2.75, 3.05) is 0 Å². The molecule has 0 aliphatic carbocycles. The molecule has 1 aromatic heterocycles. The third-order valence-corrected chi connectivity index (χ3v) is 3.97. The van der Waals surface area contributed by atoms with Crippen LogP contribution in [-0.2, 0) is 13.2 Å². The molecule has 0 spiro atoms. The maximum Gasteiger partial charge on any atom is 0.153 e. The van der Waals surface area contributed by atoms with Crippen LogP contribution in [0.15, 0.2) is 54.6 Å². The Bertz CT molecular complexity index is 764. The Balaban J connectivity index is 2.08. The number of imidazole rings is 1. The number of nitrogens with zero attached hydrogens (tertiary/aromatic N) is 2. The van der Waals surface area contributed by atoms with E-state index in [1.807, 2.05) is 66.1 Å². The number of aliphatic hydroxyl groups excluding tert-OH is 1. The molecule has 0 saturated carbocycles. The number of aryl methyl sites for hydroxylation is 1. The van der Waals surface area contributed by atoms with Gasteiger partial charge in [-0.25, -0.2) is 4.98 Å². The number of aromatic nitrogens is 2. The average molecular weight is 313 g/mol. The summed E-state index contributed by atoms with van der Waals surface area (Å²) in [5.41, 5.74) is 3.96. The minimum absolute atomic E-state index is 0.134. The largest absolute Gasteiger partial charge is 0.390 e. The maximum atomic E-state index is 9.64. The molecule has 1 heterocycles. The Morgan fingerprint density at radius 2 is 1.73 bits per heavy atom. The van der Waals surface area contributed by atoms with Crippen molar-refractivity contribution in [3.05, 3.63) is 76.6 Å². The van der Waals surface area contributed by atoms with Gasteiger partial charge >= 0.3 is 0 Å². The summed E-state index contributed by atoms with van der Waals surface area (Å²) < 4.78 is 1.97. The van der Waals surface area contributed by atoms with Crippen LogP contribution in [0.2, 0.25) is 5.15 Å². The molecule has 0 unspecified atom stereocenters. The first-order valence-corrected chi connectivity index (χ1v) is 7.53. The summed E-state index contributed by atoms with van der Waals surface area (Å²) in [6.07, 6.45) is 0. The van der Waals surface area contributed by atoms with Gasteiger partial charge in [0.1, 0.15) is 5.82 Å². The quantitative estimate of drug-likeness (QED) is 0.789. The number of halogens is 1. The highest BCUT2D eigenvalue weighted by atomic mass is 35.5. The fourth-order valence-corrected chi connectivity index (χ4v) is 2.71. The van der Waals surface area contributed by atoms with Crippen LogP contribution in [-0.4, -0.2) is 14.7 Å². The lowest BCUT2D eigenvalue weighted by atomic mass is 10.1. The van der Waals surface area contributed by atoms with Crippen LogP contribution in [0.3, 0.4) is 0 Å². The number of hydrogen-bond acceptors (Lipinski definition) is 2. The Morgan fingerprint density at radius 1 is 1.05 bits per heavy atom. The molecule has 3 rings (SSSR count). The van der Waals surface area contributed by atoms with Crippen LogP contribution in [0.25, 0.3) is 11.4 Å². The van der Waals surface area contributed by atoms with Crippen molar-refractivity contribution in [2.24, 2.45) is 0 Å². The number of rotatable bonds is 4. The Morgan fingerprint density at radius 3 is 2.36 bits per heavy atom. The van der Waals surface area contributed by atoms with Crippen molar-refractivity contribution in [2.45, 2.75) is 20.1 Å². The fourth-order valence-electron chi connectivity index (χ4n) is 2.47. The zero-order valence-electron chi connectivity index (χ0n) is 12.3. The molecular formula is C18H17ClN2O. The van der Waals surface area contributed by atoms with E-state index in [1.54, 1.807) is 0 Å². The molecule has 3 aromatic rings. The smallest absolute Gasteiger partial charge is 0.153 e. The first-order valence-electron chi connectivity index (χ1n) is 7.16. The molecule has 0 atom stereocenters. The summed E-state index contributed by atoms with van der Waals surface area (Å²) in [7, 11) is 0. The standard InChI is InChI=1S/C18H17ClN2O/c1-13-7-9-15(10-8-13)18-20-17(19)16(12-22)21(18)11-14-5-3-2-4-6-14/h2-10,22H,11-12H2,1H3. The van der Waals surface area contributed by atoms with E-state index in [-0.39, 0.29) is 6.61 Å². The van der Waals surface area contributed by atoms with E-state index in [0.717, 1.165) is 17.0 Å². The highest BCUT2D eigenvalue weighted by Gasteiger charge is 2.16. The molecule has 112 valence electrons. The molecule has 0 amide bonds. The van der Waals surface area contributed by atoms with Gasteiger partial charge in [-0.05, 0) is 12.5 Å². The molecule has 0 radical (unpaired) electrons. The molecule has 0 aliphatic rings. The maximum absolute atomic E-state index is 9.64. The van der Waals surface area contributed by atoms with Gasteiger partial charge in [0, 0.05) is 12.1 Å². The molecule has 4 heteroatoms. The highest BCUT2D eigenvalue weighted by Crippen LogP contribution is 2.27. The van der Waals surface area contributed by atoms with Crippen molar-refractivity contribution < 1.29 is 5.11 Å². The molecule has 22 heavy (non-hydrogen) atoms. The van der Waals surface area contributed by atoms with Crippen LogP contribution in [0, 0.1) is 6.92 Å². The van der Waals surface area contributed by atoms with Crippen LogP contribution in [0.1, 0.15) is 16.8 Å². The van der Waals surface area contributed by atoms with Crippen molar-refractivity contribution in [1.29, 1.82) is 0 Å². The van der Waals surface area contributed by atoms with Crippen molar-refractivity contribution >= 4 is 11.6 Å². The molecule has 0 saturated heterocycles. The van der Waals surface area contributed by atoms with Crippen molar-refractivity contribution in [1.82, 2.24) is 9.55 Å². The zero-order valence-corrected chi connectivity index (χ0v) is 13.1. The molecule has 1 N–H and O–H groups in total. The monoisotopic (exact) mass is 312 g/mol. The topological polar surface area (TPSA) is 38.1 Å². The molecule has 0 fully saturated rings. The predicted molar refractivity (Wildman–Crippen MR) is 88.9 cm³/mol. The average Bonchev–Trinajstić information content (AvgIpc) is 2.85. The van der Waals surface area contributed by atoms with Crippen molar-refractivity contribution in [3.8, 4) is 11.4 Å². The number of hydrogen-bond donors (Lipinski definition) is 1. The Hall–Kier alpha value is -2.10. The minimum atomic E-state index is -0.134. The summed E-state index contributed by atoms with van der Waals surface area (Å²) in [6.45, 7) is 2.54. The van der Waals surface area contributed by atoms with Crippen LogP contribution in [0.5, 0.6) is 0 Å². The van der Waals surface area contributed by atoms with Crippen LogP contribution >= 0.6 is 11.6 Å². The van der Waals surface area contributed by atoms with Crippen molar-refractivity contribution in [3.63, 3.8) is 0 Å². The Labute approximate surface area is 134 Å². The van der Waals surface area contributed by atoms with E-state index < -0.39 is 0 Å². The molecular weight excluding hydrogens is 296 g/mol. The lowest BCUT2D eigenvalue weighted by Crippen LogP contribution is -2.06. The Kier molecular flexibility index (Phi) is 4.27. The fraction of sp³-hybridized carbons (Fsp3) is 0.167. The second-order valence-corrected chi connectivity index (χ2v) is 5.63. The van der Waals surface area contributed by atoms with Gasteiger partial charge in [0.05, 0.1) is 12.3 Å². The van der Waals surface area contributed by atoms with Gasteiger partial charge < -0.3 is 9.67 Å². The molecule has 3 nitrogen and oxygen atoms in total. The highest BCUT2D eigenvalue weighted by molar-refractivity contribution is 6.30. The van der Waals surface area contributed by atoms with Gasteiger partial charge in [-0.2, -0.15) is 0 Å². The van der Waals surface area contributed by atoms with Crippen LogP contribution < -0.4 is 0 Å². The number of aliphatic hydroxyl groups is 1. The second kappa shape index (κ2) is 6.34. The van der Waals surface area contributed by atoms with Gasteiger partial charge in [0.2, 0.25) is 0 Å². The predicted octanol–water partition coefficient (Wildman–Crippen LogP) is 4.05. The summed E-state index contributed by atoms with van der Waals surface area (Å²) >= 11 is 6.21. The summed E-state index contributed by atoms with van der Waals surface area (Å²) in [5, 5.41) is 9.99. The zero-order chi connectivity index (χ0) is 15.5. The summed E-state index contributed by atoms with van der Waals surface area (Å²) in [5.74, 6) is 0.776. The molecule has 0 aliphatic heterocycles. The van der Waals surface area contributed by atoms with E-state index in [1.165, 1.54) is 5.56 Å². The van der Waals surface area contributed by atoms with E-state index >= 15 is 0 Å². The summed E-state index contributed by atoms with van der Waals surface area (Å²) in [4.78, 5) is 4.45. The van der Waals surface area contributed by atoms with Gasteiger partial charge in [0.15, 0.2) is 5.15 Å². The minimum Gasteiger partial charge on any atom is -0.390 e. The summed E-state index contributed by atoms with van der Waals surface area (Å²) in [6, 6.07) is 18.2. The van der Waals surface area contributed by atoms with Gasteiger partial charge in [-0.3, -0.25) is 0 Å². The number of benzene rings is 2. The lowest BCUT2D eigenvalue weighted by Gasteiger charge is -2.11. The van der Waals surface area contributed by atoms with Gasteiger partial charge in [-0.1, -0.05) is 71.8 Å². The first-order chi connectivity index (χ1) is 10.7. The van der Waals surface area contributed by atoms with E-state index in [9.17, 15) is 5.11 Å². The van der Waals surface area contributed by atoms with E-state index in [2.05, 4.69) is 4.98 Å².